The summed E-state index contributed by atoms with van der Waals surface area (Å²) in [4.78, 5) is 10.8. The van der Waals surface area contributed by atoms with Crippen molar-refractivity contribution in [2.45, 2.75) is 5.41 Å². The fourth-order valence-electron chi connectivity index (χ4n) is 11.7. The molecule has 0 amide bonds. The minimum absolute atomic E-state index is 0.524. The van der Waals surface area contributed by atoms with E-state index < -0.39 is 5.41 Å². The molecule has 2 heterocycles. The molecule has 0 unspecified atom stereocenters. The van der Waals surface area contributed by atoms with E-state index >= 15 is 0 Å². The van der Waals surface area contributed by atoms with E-state index in [1.54, 1.807) is 0 Å². The van der Waals surface area contributed by atoms with E-state index in [0.29, 0.717) is 5.82 Å². The maximum atomic E-state index is 5.38. The molecule has 0 radical (unpaired) electrons. The predicted octanol–water partition coefficient (Wildman–Crippen LogP) is 17.4. The van der Waals surface area contributed by atoms with Crippen molar-refractivity contribution in [2.24, 2.45) is 0 Å². The highest BCUT2D eigenvalue weighted by Gasteiger charge is 2.46. The van der Waals surface area contributed by atoms with Crippen LogP contribution >= 0.6 is 0 Å². The maximum absolute atomic E-state index is 5.38. The van der Waals surface area contributed by atoms with E-state index in [1.807, 2.05) is 6.07 Å². The number of rotatable bonds is 8. The Morgan fingerprint density at radius 2 is 0.778 bits per heavy atom. The predicted molar refractivity (Wildman–Crippen MR) is 298 cm³/mol. The summed E-state index contributed by atoms with van der Waals surface area (Å²) in [5.41, 5.74) is 20.0. The summed E-state index contributed by atoms with van der Waals surface area (Å²) in [6.45, 7) is 0. The second kappa shape index (κ2) is 16.9. The second-order valence-electron chi connectivity index (χ2n) is 18.8. The zero-order valence-electron chi connectivity index (χ0n) is 39.3. The molecule has 3 nitrogen and oxygen atoms in total. The van der Waals surface area contributed by atoms with Crippen molar-refractivity contribution in [3.8, 4) is 73.0 Å². The summed E-state index contributed by atoms with van der Waals surface area (Å²) in [6.07, 6.45) is 0. The van der Waals surface area contributed by atoms with Crippen LogP contribution in [0.1, 0.15) is 22.3 Å². The van der Waals surface area contributed by atoms with Crippen LogP contribution in [0.2, 0.25) is 0 Å². The number of fused-ring (bicyclic) bond motifs is 7. The normalized spacial score (nSPS) is 12.6. The molecule has 1 aliphatic carbocycles. The molecule has 0 spiro atoms. The lowest BCUT2D eigenvalue weighted by Gasteiger charge is -2.34. The Morgan fingerprint density at radius 3 is 1.47 bits per heavy atom. The third-order valence-corrected chi connectivity index (χ3v) is 14.9. The first-order valence-electron chi connectivity index (χ1n) is 24.7. The van der Waals surface area contributed by atoms with Crippen molar-refractivity contribution in [2.75, 3.05) is 0 Å². The van der Waals surface area contributed by atoms with Crippen LogP contribution in [0, 0.1) is 0 Å². The van der Waals surface area contributed by atoms with Gasteiger partial charge in [-0.3, -0.25) is 0 Å². The fraction of sp³-hybridized carbons (Fsp3) is 0.0145. The molecule has 0 atom stereocenters. The molecule has 14 rings (SSSR count). The van der Waals surface area contributed by atoms with Gasteiger partial charge in [-0.2, -0.15) is 0 Å². The molecular formula is C69H45N3. The topological polar surface area (TPSA) is 30.7 Å². The Kier molecular flexibility index (Phi) is 9.75. The molecule has 0 saturated carbocycles. The van der Waals surface area contributed by atoms with Crippen LogP contribution in [0.5, 0.6) is 0 Å². The highest BCUT2D eigenvalue weighted by atomic mass is 15.0. The smallest absolute Gasteiger partial charge is 0.160 e. The quantitative estimate of drug-likeness (QED) is 0.152. The molecule has 1 aliphatic rings. The number of hydrogen-bond donors (Lipinski definition) is 0. The van der Waals surface area contributed by atoms with Crippen LogP contribution in [0.3, 0.4) is 0 Å². The van der Waals surface area contributed by atoms with Gasteiger partial charge in [0, 0.05) is 33.2 Å². The molecule has 0 aliphatic heterocycles. The van der Waals surface area contributed by atoms with Gasteiger partial charge in [0.1, 0.15) is 0 Å². The van der Waals surface area contributed by atoms with Gasteiger partial charge in [0.05, 0.1) is 27.8 Å². The number of para-hydroxylation sites is 2. The molecule has 0 N–H and O–H groups in total. The summed E-state index contributed by atoms with van der Waals surface area (Å²) in [7, 11) is 0. The molecule has 0 fully saturated rings. The zero-order valence-corrected chi connectivity index (χ0v) is 39.3. The van der Waals surface area contributed by atoms with Crippen molar-refractivity contribution in [1.29, 1.82) is 0 Å². The number of nitrogens with zero attached hydrogens (tertiary/aromatic N) is 3. The van der Waals surface area contributed by atoms with Crippen molar-refractivity contribution in [3.05, 3.63) is 295 Å². The van der Waals surface area contributed by atoms with Crippen LogP contribution in [0.15, 0.2) is 273 Å². The first-order chi connectivity index (χ1) is 35.7. The van der Waals surface area contributed by atoms with E-state index in [9.17, 15) is 0 Å². The van der Waals surface area contributed by atoms with Gasteiger partial charge in [-0.15, -0.1) is 0 Å². The van der Waals surface area contributed by atoms with Gasteiger partial charge in [-0.25, -0.2) is 9.97 Å². The molecule has 2 aromatic heterocycles. The lowest BCUT2D eigenvalue weighted by molar-refractivity contribution is 0.768. The van der Waals surface area contributed by atoms with Crippen LogP contribution in [-0.2, 0) is 5.41 Å². The van der Waals surface area contributed by atoms with Gasteiger partial charge in [0.2, 0.25) is 0 Å². The van der Waals surface area contributed by atoms with E-state index in [2.05, 4.69) is 271 Å². The lowest BCUT2D eigenvalue weighted by atomic mass is 9.67. The number of hydrogen-bond acceptors (Lipinski definition) is 2. The van der Waals surface area contributed by atoms with E-state index in [0.717, 1.165) is 44.7 Å². The van der Waals surface area contributed by atoms with Crippen molar-refractivity contribution < 1.29 is 0 Å². The van der Waals surface area contributed by atoms with E-state index in [-0.39, 0.29) is 0 Å². The van der Waals surface area contributed by atoms with Gasteiger partial charge in [0.25, 0.3) is 0 Å². The van der Waals surface area contributed by atoms with Crippen LogP contribution in [0.4, 0.5) is 0 Å². The first-order valence-corrected chi connectivity index (χ1v) is 24.7. The summed E-state index contributed by atoms with van der Waals surface area (Å²) >= 11 is 0. The second-order valence-corrected chi connectivity index (χ2v) is 18.8. The lowest BCUT2D eigenvalue weighted by Crippen LogP contribution is -2.28. The third kappa shape index (κ3) is 6.59. The number of aromatic nitrogens is 3. The van der Waals surface area contributed by atoms with Gasteiger partial charge < -0.3 is 4.57 Å². The monoisotopic (exact) mass is 915 g/mol. The largest absolute Gasteiger partial charge is 0.309 e. The summed E-state index contributed by atoms with van der Waals surface area (Å²) in [6, 6.07) is 98.9. The molecular weight excluding hydrogens is 871 g/mol. The van der Waals surface area contributed by atoms with Crippen LogP contribution < -0.4 is 0 Å². The minimum atomic E-state index is -0.524. The van der Waals surface area contributed by atoms with Gasteiger partial charge in [-0.05, 0) is 103 Å². The fourth-order valence-corrected chi connectivity index (χ4v) is 11.7. The first kappa shape index (κ1) is 41.5. The molecule has 0 bridgehead atoms. The summed E-state index contributed by atoms with van der Waals surface area (Å²) < 4.78 is 2.38. The standard InChI is InChI=1S/C69H45N3/c1-4-19-48(20-5-1)68-70-64(50-39-40-58-57-29-12-15-32-62(57)69(63(58)44-50,51-22-6-2-7-23-51)52-24-8-3-9-25-52)45-65(71-68)59-42-41-54(55-27-10-11-28-56(55)59)47-37-35-46(36-38-47)49-21-18-26-53(43-49)72-66-33-16-13-30-60(66)61-31-14-17-34-67(61)72/h1-45H. The van der Waals surface area contributed by atoms with Crippen LogP contribution in [-0.4, -0.2) is 14.5 Å². The van der Waals surface area contributed by atoms with Crippen molar-refractivity contribution in [1.82, 2.24) is 14.5 Å². The molecule has 0 saturated heterocycles. The number of benzene rings is 11. The van der Waals surface area contributed by atoms with Crippen LogP contribution in [0.25, 0.3) is 106 Å². The highest BCUT2D eigenvalue weighted by molar-refractivity contribution is 6.09. The highest BCUT2D eigenvalue weighted by Crippen LogP contribution is 2.56. The van der Waals surface area contributed by atoms with E-state index in [4.69, 9.17) is 9.97 Å². The van der Waals surface area contributed by atoms with Crippen molar-refractivity contribution in [3.63, 3.8) is 0 Å². The average molecular weight is 916 g/mol. The maximum Gasteiger partial charge on any atom is 0.160 e. The summed E-state index contributed by atoms with van der Waals surface area (Å²) in [5.74, 6) is 0.690. The van der Waals surface area contributed by atoms with Gasteiger partial charge in [0.15, 0.2) is 5.82 Å². The Balaban J connectivity index is 0.875. The Morgan fingerprint density at radius 1 is 0.278 bits per heavy atom. The minimum Gasteiger partial charge on any atom is -0.309 e. The Bertz CT molecular complexity index is 4100. The SMILES string of the molecule is c1ccc(-c2nc(-c3ccc4c(c3)C(c3ccccc3)(c3ccccc3)c3ccccc3-4)cc(-c3ccc(-c4ccc(-c5cccc(-n6c7ccccc7c7ccccc76)c5)cc4)c4ccccc34)n2)cc1. The molecule has 336 valence electrons. The summed E-state index contributed by atoms with van der Waals surface area (Å²) in [5, 5.41) is 4.83. The van der Waals surface area contributed by atoms with Gasteiger partial charge >= 0.3 is 0 Å². The van der Waals surface area contributed by atoms with Gasteiger partial charge in [-0.1, -0.05) is 237 Å². The third-order valence-electron chi connectivity index (χ3n) is 14.9. The Hall–Kier alpha value is -9.44. The Labute approximate surface area is 418 Å². The van der Waals surface area contributed by atoms with Crippen molar-refractivity contribution >= 4 is 32.6 Å². The van der Waals surface area contributed by atoms with E-state index in [1.165, 1.54) is 77.3 Å². The molecule has 72 heavy (non-hydrogen) atoms. The molecule has 3 heteroatoms. The molecule has 11 aromatic carbocycles. The average Bonchev–Trinajstić information content (AvgIpc) is 3.96. The molecule has 13 aromatic rings. The zero-order chi connectivity index (χ0) is 47.6.